The molecule has 236 valence electrons. The van der Waals surface area contributed by atoms with Gasteiger partial charge in [-0.05, 0) is 80.2 Å². The normalized spacial score (nSPS) is 13.4. The van der Waals surface area contributed by atoms with Gasteiger partial charge in [0.15, 0.2) is 0 Å². The third-order valence-corrected chi connectivity index (χ3v) is 10.9. The Labute approximate surface area is 289 Å². The molecule has 0 aliphatic carbocycles. The van der Waals surface area contributed by atoms with Crippen LogP contribution >= 0.6 is 0 Å². The summed E-state index contributed by atoms with van der Waals surface area (Å²) in [6.45, 7) is 6.76. The van der Waals surface area contributed by atoms with Gasteiger partial charge in [-0.1, -0.05) is 107 Å². The van der Waals surface area contributed by atoms with Crippen molar-refractivity contribution in [3.05, 3.63) is 150 Å². The predicted molar refractivity (Wildman–Crippen MR) is 209 cm³/mol. The molecule has 2 aliphatic rings. The lowest BCUT2D eigenvalue weighted by Gasteiger charge is -2.46. The summed E-state index contributed by atoms with van der Waals surface area (Å²) in [5.41, 5.74) is 18.3. The zero-order valence-corrected chi connectivity index (χ0v) is 28.0. The van der Waals surface area contributed by atoms with Crippen molar-refractivity contribution in [3.8, 4) is 0 Å². The molecular formula is C45H31BN2O2. The second kappa shape index (κ2) is 9.93. The minimum absolute atomic E-state index is 0.0209. The highest BCUT2D eigenvalue weighted by Crippen LogP contribution is 2.57. The van der Waals surface area contributed by atoms with E-state index in [-0.39, 0.29) is 6.71 Å². The van der Waals surface area contributed by atoms with Gasteiger partial charge in [0.25, 0.3) is 0 Å². The first-order valence-corrected chi connectivity index (χ1v) is 17.3. The Bertz CT molecular complexity index is 2880. The molecule has 11 rings (SSSR count). The van der Waals surface area contributed by atoms with E-state index in [1.54, 1.807) is 0 Å². The van der Waals surface area contributed by atoms with Crippen LogP contribution in [0.1, 0.15) is 16.7 Å². The van der Waals surface area contributed by atoms with Crippen molar-refractivity contribution >= 4 is 101 Å². The number of anilines is 6. The molecule has 4 nitrogen and oxygen atoms in total. The fourth-order valence-electron chi connectivity index (χ4n) is 9.15. The molecule has 2 aromatic heterocycles. The first-order valence-electron chi connectivity index (χ1n) is 17.3. The molecule has 0 N–H and O–H groups in total. The molecule has 5 heteroatoms. The number of fused-ring (bicyclic) bond motifs is 11. The van der Waals surface area contributed by atoms with Crippen LogP contribution in [0.3, 0.4) is 0 Å². The van der Waals surface area contributed by atoms with Gasteiger partial charge < -0.3 is 18.6 Å². The molecule has 0 atom stereocenters. The van der Waals surface area contributed by atoms with Crippen LogP contribution in [-0.2, 0) is 0 Å². The number of nitrogens with zero attached hydrogens (tertiary/aromatic N) is 2. The van der Waals surface area contributed by atoms with Crippen molar-refractivity contribution in [1.82, 2.24) is 0 Å². The van der Waals surface area contributed by atoms with E-state index in [9.17, 15) is 0 Å². The summed E-state index contributed by atoms with van der Waals surface area (Å²) < 4.78 is 13.0. The van der Waals surface area contributed by atoms with Crippen LogP contribution in [0.5, 0.6) is 0 Å². The standard InChI is InChI=1S/C45H31BN2O2/c1-26-24-27(2)43(28(3)25-26)46-31-14-10-18-36-44(31)48(45-32(46)22-23-40-42(45)30-13-5-9-20-38(30)50-40)34-16-7-6-15-33(34)47(36)35-17-11-21-39-41(35)29-12-4-8-19-37(29)49-39/h4-25H,1-3H3. The highest BCUT2D eigenvalue weighted by atomic mass is 16.3. The fraction of sp³-hybridized carbons (Fsp3) is 0.0667. The Kier molecular flexibility index (Phi) is 5.50. The minimum Gasteiger partial charge on any atom is -0.456 e. The smallest absolute Gasteiger partial charge is 0.247 e. The Hall–Kier alpha value is -6.20. The van der Waals surface area contributed by atoms with Crippen LogP contribution in [-0.4, -0.2) is 6.71 Å². The number of para-hydroxylation sites is 5. The number of furan rings is 2. The molecule has 4 heterocycles. The molecule has 2 aliphatic heterocycles. The molecule has 0 radical (unpaired) electrons. The fourth-order valence-corrected chi connectivity index (χ4v) is 9.15. The lowest BCUT2D eigenvalue weighted by Crippen LogP contribution is -2.59. The predicted octanol–water partition coefficient (Wildman–Crippen LogP) is 10.5. The van der Waals surface area contributed by atoms with Crippen LogP contribution in [0.15, 0.2) is 142 Å². The Morgan fingerprint density at radius 2 is 0.980 bits per heavy atom. The third-order valence-electron chi connectivity index (χ3n) is 10.9. The number of hydrogen-bond acceptors (Lipinski definition) is 4. The first-order chi connectivity index (χ1) is 24.6. The van der Waals surface area contributed by atoms with E-state index in [1.165, 1.54) is 44.5 Å². The second-order valence-electron chi connectivity index (χ2n) is 13.8. The highest BCUT2D eigenvalue weighted by Gasteiger charge is 2.43. The van der Waals surface area contributed by atoms with E-state index in [4.69, 9.17) is 8.83 Å². The number of aryl methyl sites for hydroxylation is 3. The molecule has 0 bridgehead atoms. The minimum atomic E-state index is 0.0209. The SMILES string of the molecule is Cc1cc(C)c(B2c3cccc4c3N(c3ccccc3N4c3cccc4oc5ccccc5c34)c3c2ccc2oc4ccccc4c32)c(C)c1. The zero-order chi connectivity index (χ0) is 33.2. The van der Waals surface area contributed by atoms with E-state index >= 15 is 0 Å². The summed E-state index contributed by atoms with van der Waals surface area (Å²) in [7, 11) is 0. The summed E-state index contributed by atoms with van der Waals surface area (Å²) in [5.74, 6) is 0. The molecule has 0 fully saturated rings. The lowest BCUT2D eigenvalue weighted by atomic mass is 9.33. The van der Waals surface area contributed by atoms with Gasteiger partial charge in [-0.2, -0.15) is 0 Å². The number of benzene rings is 7. The molecule has 9 aromatic rings. The molecule has 7 aromatic carbocycles. The van der Waals surface area contributed by atoms with Crippen LogP contribution < -0.4 is 26.2 Å². The zero-order valence-electron chi connectivity index (χ0n) is 28.0. The van der Waals surface area contributed by atoms with Gasteiger partial charge in [-0.3, -0.25) is 0 Å². The van der Waals surface area contributed by atoms with E-state index in [0.29, 0.717) is 0 Å². The maximum absolute atomic E-state index is 6.56. The highest BCUT2D eigenvalue weighted by molar-refractivity contribution is 6.99. The van der Waals surface area contributed by atoms with Gasteiger partial charge >= 0.3 is 0 Å². The molecule has 0 saturated heterocycles. The molecular weight excluding hydrogens is 611 g/mol. The van der Waals surface area contributed by atoms with Gasteiger partial charge in [0.2, 0.25) is 6.71 Å². The van der Waals surface area contributed by atoms with Gasteiger partial charge in [0, 0.05) is 10.8 Å². The van der Waals surface area contributed by atoms with Gasteiger partial charge in [-0.15, -0.1) is 0 Å². The molecule has 0 saturated carbocycles. The molecule has 50 heavy (non-hydrogen) atoms. The molecule has 0 unspecified atom stereocenters. The van der Waals surface area contributed by atoms with E-state index in [1.807, 2.05) is 6.07 Å². The molecule has 0 spiro atoms. The summed E-state index contributed by atoms with van der Waals surface area (Å²) in [4.78, 5) is 4.98. The number of hydrogen-bond donors (Lipinski definition) is 0. The molecule has 0 amide bonds. The number of rotatable bonds is 2. The van der Waals surface area contributed by atoms with Crippen molar-refractivity contribution in [2.24, 2.45) is 0 Å². The van der Waals surface area contributed by atoms with Crippen molar-refractivity contribution in [2.75, 3.05) is 9.80 Å². The largest absolute Gasteiger partial charge is 0.456 e. The maximum atomic E-state index is 6.56. The van der Waals surface area contributed by atoms with E-state index in [0.717, 1.165) is 66.6 Å². The Morgan fingerprint density at radius 1 is 0.440 bits per heavy atom. The first kappa shape index (κ1) is 27.7. The summed E-state index contributed by atoms with van der Waals surface area (Å²) in [5, 5.41) is 4.51. The quantitative estimate of drug-likeness (QED) is 0.176. The third kappa shape index (κ3) is 3.56. The van der Waals surface area contributed by atoms with Crippen LogP contribution in [0.2, 0.25) is 0 Å². The average molecular weight is 643 g/mol. The van der Waals surface area contributed by atoms with Crippen LogP contribution in [0.4, 0.5) is 34.1 Å². The summed E-state index contributed by atoms with van der Waals surface area (Å²) in [6.07, 6.45) is 0. The van der Waals surface area contributed by atoms with E-state index < -0.39 is 0 Å². The van der Waals surface area contributed by atoms with Gasteiger partial charge in [-0.25, -0.2) is 0 Å². The van der Waals surface area contributed by atoms with Gasteiger partial charge in [0.05, 0.1) is 44.9 Å². The Morgan fingerprint density at radius 3 is 1.72 bits per heavy atom. The topological polar surface area (TPSA) is 32.8 Å². The van der Waals surface area contributed by atoms with Crippen molar-refractivity contribution < 1.29 is 8.83 Å². The van der Waals surface area contributed by atoms with Gasteiger partial charge in [0.1, 0.15) is 22.3 Å². The summed E-state index contributed by atoms with van der Waals surface area (Å²) in [6, 6.07) is 48.1. The average Bonchev–Trinajstić information content (AvgIpc) is 3.71. The Balaban J connectivity index is 1.30. The van der Waals surface area contributed by atoms with Crippen molar-refractivity contribution in [2.45, 2.75) is 20.8 Å². The van der Waals surface area contributed by atoms with Crippen LogP contribution in [0, 0.1) is 20.8 Å². The lowest BCUT2D eigenvalue weighted by molar-refractivity contribution is 0.668. The monoisotopic (exact) mass is 642 g/mol. The van der Waals surface area contributed by atoms with Crippen molar-refractivity contribution in [1.29, 1.82) is 0 Å². The second-order valence-corrected chi connectivity index (χ2v) is 13.8. The van der Waals surface area contributed by atoms with E-state index in [2.05, 4.69) is 158 Å². The maximum Gasteiger partial charge on any atom is 0.247 e. The van der Waals surface area contributed by atoms with Crippen molar-refractivity contribution in [3.63, 3.8) is 0 Å². The summed E-state index contributed by atoms with van der Waals surface area (Å²) >= 11 is 0. The van der Waals surface area contributed by atoms with Crippen LogP contribution in [0.25, 0.3) is 43.9 Å².